The molecule has 1 atom stereocenters. The molecule has 0 aromatic heterocycles. The Morgan fingerprint density at radius 3 is 2.47 bits per heavy atom. The van der Waals surface area contributed by atoms with E-state index >= 15 is 0 Å². The third-order valence-electron chi connectivity index (χ3n) is 5.68. The van der Waals surface area contributed by atoms with Gasteiger partial charge in [0.05, 0.1) is 17.7 Å². The smallest absolute Gasteiger partial charge is 0.416 e. The molecular formula is C27H23F3N4O4. The van der Waals surface area contributed by atoms with Gasteiger partial charge in [-0.2, -0.15) is 18.3 Å². The minimum absolute atomic E-state index is 0.0109. The number of rotatable bonds is 8. The standard InChI is InChI=1S/C27H23F3N4O4/c28-27(29,30)20-5-4-6-21(14-20)32-24(35)17-38-23-11-9-18(10-12-23)15-31-33-26(37)19-13-25(36)34(16-19)22-7-2-1-3-8-22/h1-12,14-15,19H,13,16-17H2,(H,32,35)(H,33,37)/b31-15-/t19-/m1/s1. The average molecular weight is 524 g/mol. The highest BCUT2D eigenvalue weighted by molar-refractivity contribution is 6.00. The Balaban J connectivity index is 1.22. The summed E-state index contributed by atoms with van der Waals surface area (Å²) in [5.74, 6) is -1.26. The highest BCUT2D eigenvalue weighted by Crippen LogP contribution is 2.30. The van der Waals surface area contributed by atoms with E-state index in [0.29, 0.717) is 11.3 Å². The van der Waals surface area contributed by atoms with Crippen molar-refractivity contribution < 1.29 is 32.3 Å². The van der Waals surface area contributed by atoms with Crippen LogP contribution < -0.4 is 20.4 Å². The van der Waals surface area contributed by atoms with E-state index in [9.17, 15) is 27.6 Å². The molecule has 11 heteroatoms. The zero-order valence-corrected chi connectivity index (χ0v) is 19.9. The zero-order valence-electron chi connectivity index (χ0n) is 19.9. The molecule has 1 aliphatic heterocycles. The Morgan fingerprint density at radius 2 is 1.76 bits per heavy atom. The van der Waals surface area contributed by atoms with Crippen LogP contribution in [0.5, 0.6) is 5.75 Å². The lowest BCUT2D eigenvalue weighted by Crippen LogP contribution is -2.30. The third-order valence-corrected chi connectivity index (χ3v) is 5.68. The van der Waals surface area contributed by atoms with E-state index in [1.165, 1.54) is 18.3 Å². The summed E-state index contributed by atoms with van der Waals surface area (Å²) in [5.41, 5.74) is 2.98. The quantitative estimate of drug-likeness (QED) is 0.340. The van der Waals surface area contributed by atoms with Crippen LogP contribution in [0.2, 0.25) is 0 Å². The first kappa shape index (κ1) is 26.4. The number of hydrazone groups is 1. The molecule has 0 spiro atoms. The number of ether oxygens (including phenoxy) is 1. The number of carbonyl (C=O) groups excluding carboxylic acids is 3. The fourth-order valence-corrected chi connectivity index (χ4v) is 3.77. The van der Waals surface area contributed by atoms with Gasteiger partial charge in [0.1, 0.15) is 5.75 Å². The van der Waals surface area contributed by atoms with Gasteiger partial charge in [0, 0.05) is 24.3 Å². The van der Waals surface area contributed by atoms with Crippen LogP contribution in [-0.4, -0.2) is 37.1 Å². The molecule has 8 nitrogen and oxygen atoms in total. The Kier molecular flexibility index (Phi) is 8.05. The molecule has 1 fully saturated rings. The maximum absolute atomic E-state index is 12.8. The lowest BCUT2D eigenvalue weighted by molar-refractivity contribution is -0.137. The Labute approximate surface area is 216 Å². The summed E-state index contributed by atoms with van der Waals surface area (Å²) in [6.45, 7) is -0.128. The fourth-order valence-electron chi connectivity index (χ4n) is 3.77. The number of carbonyl (C=O) groups is 3. The molecule has 1 saturated heterocycles. The van der Waals surface area contributed by atoms with E-state index in [1.54, 1.807) is 29.2 Å². The van der Waals surface area contributed by atoms with E-state index in [2.05, 4.69) is 15.8 Å². The van der Waals surface area contributed by atoms with Gasteiger partial charge in [-0.1, -0.05) is 24.3 Å². The van der Waals surface area contributed by atoms with Gasteiger partial charge in [-0.15, -0.1) is 0 Å². The van der Waals surface area contributed by atoms with Gasteiger partial charge < -0.3 is 15.0 Å². The lowest BCUT2D eigenvalue weighted by atomic mass is 10.1. The molecule has 0 unspecified atom stereocenters. The summed E-state index contributed by atoms with van der Waals surface area (Å²) in [4.78, 5) is 38.3. The maximum atomic E-state index is 12.8. The Bertz CT molecular complexity index is 1330. The van der Waals surface area contributed by atoms with Crippen molar-refractivity contribution in [2.24, 2.45) is 11.0 Å². The van der Waals surface area contributed by atoms with E-state index in [0.717, 1.165) is 17.8 Å². The van der Waals surface area contributed by atoms with Crippen LogP contribution in [0.3, 0.4) is 0 Å². The number of benzene rings is 3. The number of hydrogen-bond acceptors (Lipinski definition) is 5. The SMILES string of the molecule is O=C(COc1ccc(/C=N\NC(=O)[C@@H]2CC(=O)N(c3ccccc3)C2)cc1)Nc1cccc(C(F)(F)F)c1. The molecule has 0 radical (unpaired) electrons. The first-order chi connectivity index (χ1) is 18.2. The number of hydrogen-bond donors (Lipinski definition) is 2. The van der Waals surface area contributed by atoms with Gasteiger partial charge in [-0.3, -0.25) is 14.4 Å². The second-order valence-electron chi connectivity index (χ2n) is 8.46. The summed E-state index contributed by atoms with van der Waals surface area (Å²) in [7, 11) is 0. The number of alkyl halides is 3. The predicted octanol–water partition coefficient (Wildman–Crippen LogP) is 4.23. The largest absolute Gasteiger partial charge is 0.484 e. The molecule has 38 heavy (non-hydrogen) atoms. The van der Waals surface area contributed by atoms with Crippen LogP contribution in [0.4, 0.5) is 24.5 Å². The summed E-state index contributed by atoms with van der Waals surface area (Å²) in [6.07, 6.45) is -2.98. The van der Waals surface area contributed by atoms with Crippen LogP contribution in [-0.2, 0) is 20.6 Å². The number of nitrogens with zero attached hydrogens (tertiary/aromatic N) is 2. The second kappa shape index (κ2) is 11.6. The number of nitrogens with one attached hydrogen (secondary N) is 2. The van der Waals surface area contributed by atoms with E-state index < -0.39 is 30.2 Å². The minimum atomic E-state index is -4.51. The van der Waals surface area contributed by atoms with Crippen molar-refractivity contribution in [1.82, 2.24) is 5.43 Å². The molecule has 0 aliphatic carbocycles. The van der Waals surface area contributed by atoms with Gasteiger partial charge in [-0.25, -0.2) is 5.43 Å². The normalized spacial score (nSPS) is 15.5. The lowest BCUT2D eigenvalue weighted by Gasteiger charge is -2.16. The summed E-state index contributed by atoms with van der Waals surface area (Å²) < 4.78 is 43.8. The monoisotopic (exact) mass is 524 g/mol. The van der Waals surface area contributed by atoms with Crippen molar-refractivity contribution in [2.45, 2.75) is 12.6 Å². The van der Waals surface area contributed by atoms with Crippen molar-refractivity contribution in [2.75, 3.05) is 23.4 Å². The van der Waals surface area contributed by atoms with Crippen molar-refractivity contribution >= 4 is 35.3 Å². The summed E-state index contributed by atoms with van der Waals surface area (Å²) in [6, 6.07) is 19.9. The molecule has 4 rings (SSSR count). The van der Waals surface area contributed by atoms with Crippen LogP contribution in [0.15, 0.2) is 84.0 Å². The van der Waals surface area contributed by atoms with Crippen molar-refractivity contribution in [1.29, 1.82) is 0 Å². The van der Waals surface area contributed by atoms with Crippen LogP contribution in [0.25, 0.3) is 0 Å². The first-order valence-corrected chi connectivity index (χ1v) is 11.6. The van der Waals surface area contributed by atoms with Crippen LogP contribution in [0.1, 0.15) is 17.5 Å². The minimum Gasteiger partial charge on any atom is -0.484 e. The molecule has 0 bridgehead atoms. The molecule has 3 aromatic carbocycles. The van der Waals surface area contributed by atoms with E-state index in [4.69, 9.17) is 4.74 Å². The van der Waals surface area contributed by atoms with Crippen molar-refractivity contribution in [3.8, 4) is 5.75 Å². The van der Waals surface area contributed by atoms with Gasteiger partial charge in [0.25, 0.3) is 5.91 Å². The number of halogens is 3. The Morgan fingerprint density at radius 1 is 1.03 bits per heavy atom. The van der Waals surface area contributed by atoms with Crippen LogP contribution in [0, 0.1) is 5.92 Å². The average Bonchev–Trinajstić information content (AvgIpc) is 3.30. The summed E-state index contributed by atoms with van der Waals surface area (Å²) in [5, 5.41) is 6.31. The fraction of sp³-hybridized carbons (Fsp3) is 0.185. The van der Waals surface area contributed by atoms with Crippen molar-refractivity contribution in [3.05, 3.63) is 90.0 Å². The van der Waals surface area contributed by atoms with Gasteiger partial charge in [0.2, 0.25) is 11.8 Å². The zero-order chi connectivity index (χ0) is 27.1. The maximum Gasteiger partial charge on any atom is 0.416 e. The molecule has 196 valence electrons. The van der Waals surface area contributed by atoms with E-state index in [1.807, 2.05) is 30.3 Å². The number of amides is 3. The molecule has 1 aliphatic rings. The summed E-state index contributed by atoms with van der Waals surface area (Å²) >= 11 is 0. The van der Waals surface area contributed by atoms with Crippen LogP contribution >= 0.6 is 0 Å². The van der Waals surface area contributed by atoms with E-state index in [-0.39, 0.29) is 30.5 Å². The molecule has 3 aromatic rings. The highest BCUT2D eigenvalue weighted by atomic mass is 19.4. The number of para-hydroxylation sites is 1. The predicted molar refractivity (Wildman–Crippen MR) is 135 cm³/mol. The third kappa shape index (κ3) is 6.96. The van der Waals surface area contributed by atoms with Gasteiger partial charge in [0.15, 0.2) is 6.61 Å². The molecule has 3 amide bonds. The highest BCUT2D eigenvalue weighted by Gasteiger charge is 2.35. The topological polar surface area (TPSA) is 100 Å². The van der Waals surface area contributed by atoms with Crippen molar-refractivity contribution in [3.63, 3.8) is 0 Å². The Hall–Kier alpha value is -4.67. The molecule has 0 saturated carbocycles. The second-order valence-corrected chi connectivity index (χ2v) is 8.46. The molecule has 2 N–H and O–H groups in total. The van der Waals surface area contributed by atoms with Gasteiger partial charge >= 0.3 is 6.18 Å². The molecule has 1 heterocycles. The van der Waals surface area contributed by atoms with Gasteiger partial charge in [-0.05, 0) is 60.2 Å². The first-order valence-electron chi connectivity index (χ1n) is 11.6. The molecular weight excluding hydrogens is 501 g/mol. The number of anilines is 2.